The first-order chi connectivity index (χ1) is 8.85. The van der Waals surface area contributed by atoms with E-state index in [0.29, 0.717) is 13.0 Å². The Morgan fingerprint density at radius 2 is 1.79 bits per heavy atom. The fourth-order valence-corrected chi connectivity index (χ4v) is 1.55. The van der Waals surface area contributed by atoms with Crippen LogP contribution in [0.15, 0.2) is 12.2 Å². The normalized spacial score (nSPS) is 18.2. The van der Waals surface area contributed by atoms with E-state index in [4.69, 9.17) is 4.74 Å². The molecule has 0 N–H and O–H groups in total. The van der Waals surface area contributed by atoms with Crippen molar-refractivity contribution in [1.29, 1.82) is 0 Å². The number of carbonyl (C=O) groups excluding carboxylic acids is 2. The van der Waals surface area contributed by atoms with Gasteiger partial charge in [0.2, 0.25) is 0 Å². The highest BCUT2D eigenvalue weighted by atomic mass is 16.6. The highest BCUT2D eigenvalue weighted by Gasteiger charge is 2.33. The Kier molecular flexibility index (Phi) is 7.19. The number of hydrogen-bond acceptors (Lipinski definition) is 4. The summed E-state index contributed by atoms with van der Waals surface area (Å²) in [6, 6.07) is -0.583. The molecule has 1 rings (SSSR count). The zero-order valence-corrected chi connectivity index (χ0v) is 12.7. The van der Waals surface area contributed by atoms with Gasteiger partial charge in [-0.2, -0.15) is 0 Å². The van der Waals surface area contributed by atoms with Crippen LogP contribution >= 0.6 is 0 Å². The molecule has 0 aromatic heterocycles. The van der Waals surface area contributed by atoms with Crippen LogP contribution in [0.25, 0.3) is 0 Å². The molecule has 1 aliphatic heterocycles. The third kappa shape index (κ3) is 5.77. The van der Waals surface area contributed by atoms with Crippen LogP contribution in [0, 0.1) is 0 Å². The molecule has 0 spiro atoms. The fourth-order valence-electron chi connectivity index (χ4n) is 1.55. The van der Waals surface area contributed by atoms with Gasteiger partial charge in [0.15, 0.2) is 0 Å². The summed E-state index contributed by atoms with van der Waals surface area (Å²) in [7, 11) is 1.31. The first kappa shape index (κ1) is 17.5. The lowest BCUT2D eigenvalue weighted by molar-refractivity contribution is -0.146. The largest absolute Gasteiger partial charge is 0.467 e. The van der Waals surface area contributed by atoms with Crippen molar-refractivity contribution in [1.82, 2.24) is 4.90 Å². The van der Waals surface area contributed by atoms with E-state index in [9.17, 15) is 9.59 Å². The van der Waals surface area contributed by atoms with E-state index in [0.717, 1.165) is 0 Å². The standard InChI is InChI=1S/C12H19NO4.C2H6/c1-12(2,3)17-11(15)13-8-6-5-7-9(13)10(14)16-4;1-2/h5-6,9H,7-8H2,1-4H3;1-2H3. The smallest absolute Gasteiger partial charge is 0.411 e. The third-order valence-electron chi connectivity index (χ3n) is 2.31. The number of carbonyl (C=O) groups is 2. The molecular formula is C14H25NO4. The van der Waals surface area contributed by atoms with E-state index in [1.807, 2.05) is 26.0 Å². The van der Waals surface area contributed by atoms with Crippen LogP contribution in [-0.4, -0.2) is 42.3 Å². The monoisotopic (exact) mass is 271 g/mol. The topological polar surface area (TPSA) is 55.8 Å². The van der Waals surface area contributed by atoms with E-state index in [-0.39, 0.29) is 0 Å². The summed E-state index contributed by atoms with van der Waals surface area (Å²) in [4.78, 5) is 24.8. The van der Waals surface area contributed by atoms with Crippen LogP contribution in [0.5, 0.6) is 0 Å². The lowest BCUT2D eigenvalue weighted by Gasteiger charge is -2.32. The molecule has 110 valence electrons. The second-order valence-corrected chi connectivity index (χ2v) is 4.88. The molecule has 0 fully saturated rings. The van der Waals surface area contributed by atoms with E-state index < -0.39 is 23.7 Å². The van der Waals surface area contributed by atoms with E-state index in [1.54, 1.807) is 20.8 Å². The molecular weight excluding hydrogens is 246 g/mol. The van der Waals surface area contributed by atoms with Gasteiger partial charge in [0, 0.05) is 6.54 Å². The van der Waals surface area contributed by atoms with Crippen molar-refractivity contribution in [2.24, 2.45) is 0 Å². The average molecular weight is 271 g/mol. The zero-order valence-electron chi connectivity index (χ0n) is 12.7. The molecule has 19 heavy (non-hydrogen) atoms. The Morgan fingerprint density at radius 3 is 2.26 bits per heavy atom. The SMILES string of the molecule is CC.COC(=O)C1CC=CCN1C(=O)OC(C)(C)C. The zero-order chi connectivity index (χ0) is 15.1. The molecule has 0 radical (unpaired) electrons. The minimum absolute atomic E-state index is 0.370. The number of rotatable bonds is 1. The Morgan fingerprint density at radius 1 is 1.21 bits per heavy atom. The number of nitrogens with zero attached hydrogens (tertiary/aromatic N) is 1. The van der Waals surface area contributed by atoms with Gasteiger partial charge < -0.3 is 9.47 Å². The quantitative estimate of drug-likeness (QED) is 0.543. The molecule has 1 amide bonds. The van der Waals surface area contributed by atoms with Crippen LogP contribution < -0.4 is 0 Å². The number of ether oxygens (including phenoxy) is 2. The second kappa shape index (κ2) is 7.81. The molecule has 1 aliphatic rings. The van der Waals surface area contributed by atoms with Crippen molar-refractivity contribution >= 4 is 12.1 Å². The van der Waals surface area contributed by atoms with E-state index in [1.165, 1.54) is 12.0 Å². The number of amides is 1. The average Bonchev–Trinajstić information content (AvgIpc) is 2.38. The summed E-state index contributed by atoms with van der Waals surface area (Å²) in [5, 5.41) is 0. The van der Waals surface area contributed by atoms with Crippen molar-refractivity contribution in [3.8, 4) is 0 Å². The van der Waals surface area contributed by atoms with Crippen LogP contribution in [0.1, 0.15) is 41.0 Å². The summed E-state index contributed by atoms with van der Waals surface area (Å²) in [6.45, 7) is 9.74. The number of hydrogen-bond donors (Lipinski definition) is 0. The molecule has 5 nitrogen and oxygen atoms in total. The predicted octanol–water partition coefficient (Wildman–Crippen LogP) is 2.75. The Labute approximate surface area is 115 Å². The summed E-state index contributed by atoms with van der Waals surface area (Å²) < 4.78 is 9.93. The summed E-state index contributed by atoms with van der Waals surface area (Å²) in [5.74, 6) is -0.416. The van der Waals surface area contributed by atoms with Gasteiger partial charge in [-0.3, -0.25) is 4.90 Å². The maximum absolute atomic E-state index is 11.9. The third-order valence-corrected chi connectivity index (χ3v) is 2.31. The molecule has 0 saturated heterocycles. The molecule has 1 unspecified atom stereocenters. The Bertz CT molecular complexity index is 331. The van der Waals surface area contributed by atoms with Gasteiger partial charge in [-0.15, -0.1) is 0 Å². The van der Waals surface area contributed by atoms with Gasteiger partial charge in [-0.25, -0.2) is 9.59 Å². The number of methoxy groups -OCH3 is 1. The van der Waals surface area contributed by atoms with Crippen molar-refractivity contribution < 1.29 is 19.1 Å². The molecule has 0 bridgehead atoms. The predicted molar refractivity (Wildman–Crippen MR) is 73.8 cm³/mol. The van der Waals surface area contributed by atoms with Gasteiger partial charge in [0.25, 0.3) is 0 Å². The number of esters is 1. The summed E-state index contributed by atoms with van der Waals surface area (Å²) >= 11 is 0. The highest BCUT2D eigenvalue weighted by Crippen LogP contribution is 2.17. The van der Waals surface area contributed by atoms with Gasteiger partial charge in [-0.1, -0.05) is 26.0 Å². The lowest BCUT2D eigenvalue weighted by Crippen LogP contribution is -2.48. The van der Waals surface area contributed by atoms with Crippen molar-refractivity contribution in [2.45, 2.75) is 52.7 Å². The van der Waals surface area contributed by atoms with Crippen molar-refractivity contribution in [3.63, 3.8) is 0 Å². The van der Waals surface area contributed by atoms with Gasteiger partial charge in [-0.05, 0) is 27.2 Å². The summed E-state index contributed by atoms with van der Waals surface area (Å²) in [6.07, 6.45) is 3.68. The van der Waals surface area contributed by atoms with E-state index in [2.05, 4.69) is 4.74 Å². The first-order valence-electron chi connectivity index (χ1n) is 6.57. The minimum Gasteiger partial charge on any atom is -0.467 e. The molecule has 1 atom stereocenters. The molecule has 5 heteroatoms. The summed E-state index contributed by atoms with van der Waals surface area (Å²) in [5.41, 5.74) is -0.571. The van der Waals surface area contributed by atoms with Gasteiger partial charge in [0.05, 0.1) is 7.11 Å². The molecule has 0 aliphatic carbocycles. The molecule has 1 heterocycles. The molecule has 0 saturated carbocycles. The van der Waals surface area contributed by atoms with Crippen LogP contribution in [0.3, 0.4) is 0 Å². The van der Waals surface area contributed by atoms with Crippen molar-refractivity contribution in [3.05, 3.63) is 12.2 Å². The molecule has 0 aromatic carbocycles. The Balaban J connectivity index is 0.00000154. The maximum atomic E-state index is 11.9. The second-order valence-electron chi connectivity index (χ2n) is 4.88. The highest BCUT2D eigenvalue weighted by molar-refractivity contribution is 5.82. The van der Waals surface area contributed by atoms with Crippen LogP contribution in [-0.2, 0) is 14.3 Å². The van der Waals surface area contributed by atoms with Crippen LogP contribution in [0.2, 0.25) is 0 Å². The maximum Gasteiger partial charge on any atom is 0.411 e. The van der Waals surface area contributed by atoms with E-state index >= 15 is 0 Å². The fraction of sp³-hybridized carbons (Fsp3) is 0.714. The molecule has 0 aromatic rings. The minimum atomic E-state index is -0.583. The van der Waals surface area contributed by atoms with Crippen LogP contribution in [0.4, 0.5) is 4.79 Å². The first-order valence-corrected chi connectivity index (χ1v) is 6.57. The van der Waals surface area contributed by atoms with Gasteiger partial charge in [0.1, 0.15) is 11.6 Å². The Hall–Kier alpha value is -1.52. The van der Waals surface area contributed by atoms with Crippen molar-refractivity contribution in [2.75, 3.05) is 13.7 Å². The lowest BCUT2D eigenvalue weighted by atomic mass is 10.1. The van der Waals surface area contributed by atoms with Gasteiger partial charge >= 0.3 is 12.1 Å².